The van der Waals surface area contributed by atoms with Crippen LogP contribution in [0.4, 0.5) is 4.39 Å². The van der Waals surface area contributed by atoms with Crippen molar-refractivity contribution in [3.05, 3.63) is 51.5 Å². The fourth-order valence-electron chi connectivity index (χ4n) is 1.67. The van der Waals surface area contributed by atoms with E-state index in [4.69, 9.17) is 23.2 Å². The highest BCUT2D eigenvalue weighted by molar-refractivity contribution is 6.40. The summed E-state index contributed by atoms with van der Waals surface area (Å²) in [6.07, 6.45) is 1.11. The van der Waals surface area contributed by atoms with Gasteiger partial charge >= 0.3 is 0 Å². The van der Waals surface area contributed by atoms with Crippen LogP contribution in [0.1, 0.15) is 27.3 Å². The van der Waals surface area contributed by atoms with Crippen LogP contribution in [0.25, 0.3) is 0 Å². The lowest BCUT2D eigenvalue weighted by molar-refractivity contribution is 0.0891. The van der Waals surface area contributed by atoms with Crippen molar-refractivity contribution >= 4 is 34.8 Å². The molecule has 4 nitrogen and oxygen atoms in total. The molecule has 1 heterocycles. The predicted octanol–water partition coefficient (Wildman–Crippen LogP) is 3.32. The molecule has 0 atom stereocenters. The summed E-state index contributed by atoms with van der Waals surface area (Å²) in [6.45, 7) is 0. The maximum atomic E-state index is 13.3. The van der Waals surface area contributed by atoms with Gasteiger partial charge in [0.1, 0.15) is 11.5 Å². The predicted molar refractivity (Wildman–Crippen MR) is 72.9 cm³/mol. The smallest absolute Gasteiger partial charge is 0.190 e. The Hall–Kier alpha value is -1.72. The molecule has 2 aromatic rings. The van der Waals surface area contributed by atoms with Crippen LogP contribution in [0.15, 0.2) is 24.4 Å². The minimum Gasteiger partial charge on any atom is -0.294 e. The van der Waals surface area contributed by atoms with Crippen molar-refractivity contribution in [1.29, 1.82) is 0 Å². The number of halogens is 3. The average Bonchev–Trinajstić information content (AvgIpc) is 2.81. The van der Waals surface area contributed by atoms with Crippen molar-refractivity contribution < 1.29 is 14.0 Å². The summed E-state index contributed by atoms with van der Waals surface area (Å²) in [7, 11) is 1.65. The Bertz CT molecular complexity index is 698. The minimum absolute atomic E-state index is 0.00946. The molecule has 2 rings (SSSR count). The number of Topliss-reactive ketones (excluding diaryl/α,β-unsaturated/α-hetero) is 2. The molecule has 0 saturated heterocycles. The van der Waals surface area contributed by atoms with Crippen LogP contribution in [0, 0.1) is 5.82 Å². The first-order valence-electron chi connectivity index (χ1n) is 5.59. The van der Waals surface area contributed by atoms with Crippen LogP contribution in [-0.4, -0.2) is 21.3 Å². The number of carbonyl (C=O) groups is 2. The van der Waals surface area contributed by atoms with Crippen molar-refractivity contribution in [3.8, 4) is 0 Å². The third kappa shape index (κ3) is 2.89. The second kappa shape index (κ2) is 5.73. The van der Waals surface area contributed by atoms with Gasteiger partial charge in [0.05, 0.1) is 22.0 Å². The summed E-state index contributed by atoms with van der Waals surface area (Å²) < 4.78 is 14.8. The van der Waals surface area contributed by atoms with E-state index in [0.29, 0.717) is 0 Å². The molecule has 0 fully saturated rings. The van der Waals surface area contributed by atoms with Crippen LogP contribution in [0.3, 0.4) is 0 Å². The van der Waals surface area contributed by atoms with E-state index in [1.54, 1.807) is 13.2 Å². The molecule has 1 aromatic carbocycles. The molecule has 0 spiro atoms. The number of rotatable bonds is 4. The highest BCUT2D eigenvalue weighted by Gasteiger charge is 2.22. The van der Waals surface area contributed by atoms with E-state index < -0.39 is 23.8 Å². The van der Waals surface area contributed by atoms with Gasteiger partial charge in [0.2, 0.25) is 0 Å². The first-order valence-corrected chi connectivity index (χ1v) is 6.35. The quantitative estimate of drug-likeness (QED) is 0.494. The Morgan fingerprint density at radius 2 is 1.95 bits per heavy atom. The molecular weight excluding hydrogens is 306 g/mol. The SMILES string of the molecule is Cn1ccc(C(=O)CC(=O)c2c(Cl)ccc(F)c2Cl)n1. The van der Waals surface area contributed by atoms with Gasteiger partial charge in [-0.05, 0) is 18.2 Å². The summed E-state index contributed by atoms with van der Waals surface area (Å²) in [5.41, 5.74) is -0.0258. The van der Waals surface area contributed by atoms with Gasteiger partial charge in [-0.15, -0.1) is 0 Å². The number of nitrogens with zero attached hydrogens (tertiary/aromatic N) is 2. The van der Waals surface area contributed by atoms with Gasteiger partial charge in [0.15, 0.2) is 11.6 Å². The van der Waals surface area contributed by atoms with Gasteiger partial charge in [-0.1, -0.05) is 23.2 Å². The van der Waals surface area contributed by atoms with E-state index in [2.05, 4.69) is 5.10 Å². The fraction of sp³-hybridized carbons (Fsp3) is 0.154. The van der Waals surface area contributed by atoms with Gasteiger partial charge in [0, 0.05) is 13.2 Å². The summed E-state index contributed by atoms with van der Waals surface area (Å²) in [6, 6.07) is 3.77. The van der Waals surface area contributed by atoms with Gasteiger partial charge < -0.3 is 0 Å². The van der Waals surface area contributed by atoms with Crippen molar-refractivity contribution in [3.63, 3.8) is 0 Å². The summed E-state index contributed by atoms with van der Waals surface area (Å²) >= 11 is 11.5. The van der Waals surface area contributed by atoms with Crippen LogP contribution in [-0.2, 0) is 7.05 Å². The fourth-order valence-corrected chi connectivity index (χ4v) is 2.25. The largest absolute Gasteiger partial charge is 0.294 e. The zero-order chi connectivity index (χ0) is 14.9. The van der Waals surface area contributed by atoms with E-state index in [9.17, 15) is 14.0 Å². The highest BCUT2D eigenvalue weighted by Crippen LogP contribution is 2.28. The molecule has 0 aliphatic carbocycles. The van der Waals surface area contributed by atoms with Crippen LogP contribution in [0.5, 0.6) is 0 Å². The highest BCUT2D eigenvalue weighted by atomic mass is 35.5. The Balaban J connectivity index is 2.25. The number of hydrogen-bond donors (Lipinski definition) is 0. The molecule has 1 aromatic heterocycles. The molecule has 0 radical (unpaired) electrons. The monoisotopic (exact) mass is 314 g/mol. The number of ketones is 2. The van der Waals surface area contributed by atoms with Crippen molar-refractivity contribution in [2.75, 3.05) is 0 Å². The van der Waals surface area contributed by atoms with Gasteiger partial charge in [-0.3, -0.25) is 14.3 Å². The number of carbonyl (C=O) groups excluding carboxylic acids is 2. The number of aryl methyl sites for hydroxylation is 1. The first-order chi connectivity index (χ1) is 9.40. The molecular formula is C13H9Cl2FN2O2. The molecule has 104 valence electrons. The van der Waals surface area contributed by atoms with E-state index in [1.165, 1.54) is 16.8 Å². The number of hydrogen-bond acceptors (Lipinski definition) is 3. The Kier molecular flexibility index (Phi) is 4.20. The lowest BCUT2D eigenvalue weighted by Gasteiger charge is -2.05. The molecule has 0 N–H and O–H groups in total. The van der Waals surface area contributed by atoms with Crippen molar-refractivity contribution in [2.24, 2.45) is 7.05 Å². The molecule has 0 bridgehead atoms. The lowest BCUT2D eigenvalue weighted by atomic mass is 10.0. The molecule has 0 aliphatic rings. The van der Waals surface area contributed by atoms with Crippen LogP contribution in [0.2, 0.25) is 10.0 Å². The normalized spacial score (nSPS) is 10.6. The second-order valence-electron chi connectivity index (χ2n) is 4.12. The van der Waals surface area contributed by atoms with E-state index >= 15 is 0 Å². The molecule has 0 unspecified atom stereocenters. The molecule has 0 aliphatic heterocycles. The zero-order valence-corrected chi connectivity index (χ0v) is 11.9. The molecule has 20 heavy (non-hydrogen) atoms. The van der Waals surface area contributed by atoms with Gasteiger partial charge in [-0.25, -0.2) is 4.39 Å². The van der Waals surface area contributed by atoms with E-state index in [-0.39, 0.29) is 21.3 Å². The molecule has 7 heteroatoms. The standard InChI is InChI=1S/C13H9Cl2FN2O2/c1-18-5-4-9(17-18)10(19)6-11(20)12-7(14)2-3-8(16)13(12)15/h2-5H,6H2,1H3. The number of aromatic nitrogens is 2. The molecule has 0 amide bonds. The zero-order valence-electron chi connectivity index (χ0n) is 10.4. The van der Waals surface area contributed by atoms with Crippen molar-refractivity contribution in [1.82, 2.24) is 9.78 Å². The Morgan fingerprint density at radius 3 is 2.55 bits per heavy atom. The maximum absolute atomic E-state index is 13.3. The third-order valence-corrected chi connectivity index (χ3v) is 3.33. The second-order valence-corrected chi connectivity index (χ2v) is 4.90. The molecule has 0 saturated carbocycles. The first kappa shape index (κ1) is 14.7. The van der Waals surface area contributed by atoms with Crippen LogP contribution < -0.4 is 0 Å². The summed E-state index contributed by atoms with van der Waals surface area (Å²) in [5.74, 6) is -1.88. The minimum atomic E-state index is -0.760. The van der Waals surface area contributed by atoms with Crippen LogP contribution >= 0.6 is 23.2 Å². The topological polar surface area (TPSA) is 52.0 Å². The average molecular weight is 315 g/mol. The van der Waals surface area contributed by atoms with Gasteiger partial charge in [-0.2, -0.15) is 5.10 Å². The maximum Gasteiger partial charge on any atom is 0.190 e. The summed E-state index contributed by atoms with van der Waals surface area (Å²) in [4.78, 5) is 23.9. The number of benzene rings is 1. The Labute approximate surface area is 124 Å². The summed E-state index contributed by atoms with van der Waals surface area (Å²) in [5, 5.41) is 3.53. The van der Waals surface area contributed by atoms with E-state index in [0.717, 1.165) is 6.07 Å². The third-order valence-electron chi connectivity index (χ3n) is 2.64. The van der Waals surface area contributed by atoms with Crippen molar-refractivity contribution in [2.45, 2.75) is 6.42 Å². The lowest BCUT2D eigenvalue weighted by Crippen LogP contribution is -2.11. The van der Waals surface area contributed by atoms with E-state index in [1.807, 2.05) is 0 Å². The van der Waals surface area contributed by atoms with Gasteiger partial charge in [0.25, 0.3) is 0 Å². The Morgan fingerprint density at radius 1 is 1.25 bits per heavy atom.